The monoisotopic (exact) mass is 355 g/mol. The number of benzene rings is 3. The van der Waals surface area contributed by atoms with Gasteiger partial charge in [-0.2, -0.15) is 0 Å². The highest BCUT2D eigenvalue weighted by Crippen LogP contribution is 2.33. The molecule has 0 atom stereocenters. The zero-order chi connectivity index (χ0) is 18.8. The van der Waals surface area contributed by atoms with Crippen molar-refractivity contribution in [2.75, 3.05) is 5.32 Å². The zero-order valence-electron chi connectivity index (χ0n) is 15.5. The van der Waals surface area contributed by atoms with E-state index in [2.05, 4.69) is 30.4 Å². The Hall–Kier alpha value is -3.33. The molecule has 1 N–H and O–H groups in total. The number of hydrogen-bond donors (Lipinski definition) is 1. The molecule has 0 aliphatic rings. The topological polar surface area (TPSA) is 42.2 Å². The van der Waals surface area contributed by atoms with Gasteiger partial charge >= 0.3 is 0 Å². The summed E-state index contributed by atoms with van der Waals surface area (Å²) in [6, 6.07) is 23.6. The average Bonchev–Trinajstić information content (AvgIpc) is 3.05. The van der Waals surface area contributed by atoms with Gasteiger partial charge in [-0.15, -0.1) is 0 Å². The van der Waals surface area contributed by atoms with E-state index in [1.165, 1.54) is 5.56 Å². The molecule has 3 aromatic carbocycles. The summed E-state index contributed by atoms with van der Waals surface area (Å²) in [7, 11) is 0. The fourth-order valence-corrected chi connectivity index (χ4v) is 3.23. The molecule has 0 bridgehead atoms. The Morgan fingerprint density at radius 2 is 1.67 bits per heavy atom. The molecule has 0 saturated carbocycles. The van der Waals surface area contributed by atoms with Crippen molar-refractivity contribution in [3.63, 3.8) is 0 Å². The van der Waals surface area contributed by atoms with Crippen molar-refractivity contribution in [1.29, 1.82) is 0 Å². The summed E-state index contributed by atoms with van der Waals surface area (Å²) in [5.74, 6) is 0.241. The van der Waals surface area contributed by atoms with Gasteiger partial charge in [0.15, 0.2) is 5.76 Å². The van der Waals surface area contributed by atoms with Crippen LogP contribution in [-0.4, -0.2) is 5.78 Å². The van der Waals surface area contributed by atoms with Crippen LogP contribution in [0.25, 0.3) is 11.0 Å². The van der Waals surface area contributed by atoms with Crippen LogP contribution in [-0.2, 0) is 6.54 Å². The van der Waals surface area contributed by atoms with Crippen molar-refractivity contribution >= 4 is 22.4 Å². The highest BCUT2D eigenvalue weighted by molar-refractivity contribution is 6.14. The zero-order valence-corrected chi connectivity index (χ0v) is 15.5. The van der Waals surface area contributed by atoms with Crippen LogP contribution >= 0.6 is 0 Å². The van der Waals surface area contributed by atoms with E-state index >= 15 is 0 Å². The van der Waals surface area contributed by atoms with Crippen molar-refractivity contribution in [1.82, 2.24) is 0 Å². The minimum absolute atomic E-state index is 0.113. The molecule has 1 aromatic heterocycles. The summed E-state index contributed by atoms with van der Waals surface area (Å²) in [4.78, 5) is 13.1. The summed E-state index contributed by atoms with van der Waals surface area (Å²) in [6.07, 6.45) is 0. The van der Waals surface area contributed by atoms with Gasteiger partial charge in [0.1, 0.15) is 5.58 Å². The van der Waals surface area contributed by atoms with Crippen molar-refractivity contribution < 1.29 is 9.21 Å². The van der Waals surface area contributed by atoms with E-state index in [1.807, 2.05) is 61.5 Å². The van der Waals surface area contributed by atoms with Crippen molar-refractivity contribution in [2.24, 2.45) is 0 Å². The van der Waals surface area contributed by atoms with Gasteiger partial charge in [0.2, 0.25) is 5.78 Å². The minimum atomic E-state index is -0.113. The second-order valence-electron chi connectivity index (χ2n) is 6.84. The largest absolute Gasteiger partial charge is 0.450 e. The van der Waals surface area contributed by atoms with E-state index < -0.39 is 0 Å². The number of rotatable bonds is 5. The first-order chi connectivity index (χ1) is 13.1. The summed E-state index contributed by atoms with van der Waals surface area (Å²) in [6.45, 7) is 4.70. The predicted octanol–water partition coefficient (Wildman–Crippen LogP) is 5.89. The molecule has 0 aliphatic heterocycles. The Balaban J connectivity index is 1.72. The summed E-state index contributed by atoms with van der Waals surface area (Å²) in [5, 5.41) is 4.34. The van der Waals surface area contributed by atoms with E-state index in [1.54, 1.807) is 0 Å². The Labute approximate surface area is 158 Å². The lowest BCUT2D eigenvalue weighted by atomic mass is 10.1. The number of fused-ring (bicyclic) bond motifs is 1. The van der Waals surface area contributed by atoms with E-state index in [0.717, 1.165) is 22.2 Å². The Morgan fingerprint density at radius 3 is 2.44 bits per heavy atom. The third-order valence-electron chi connectivity index (χ3n) is 4.67. The van der Waals surface area contributed by atoms with Gasteiger partial charge in [-0.05, 0) is 31.5 Å². The second kappa shape index (κ2) is 7.12. The Bertz CT molecular complexity index is 1110. The fraction of sp³-hybridized carbons (Fsp3) is 0.125. The number of nitrogens with one attached hydrogen (secondary N) is 1. The van der Waals surface area contributed by atoms with Gasteiger partial charge in [0, 0.05) is 17.5 Å². The number of furan rings is 1. The smallest absolute Gasteiger partial charge is 0.230 e. The first-order valence-electron chi connectivity index (χ1n) is 9.04. The number of aryl methyl sites for hydroxylation is 2. The normalized spacial score (nSPS) is 10.9. The van der Waals surface area contributed by atoms with E-state index in [4.69, 9.17) is 4.42 Å². The standard InChI is InChI=1S/C24H21NO2/c1-16-10-12-19(13-11-16)23(26)24-22(20-8-3-4-9-21(20)27-24)25-15-18-7-5-6-17(2)14-18/h3-14,25H,15H2,1-2H3. The molecule has 4 rings (SSSR count). The maximum atomic E-state index is 13.1. The van der Waals surface area contributed by atoms with Crippen LogP contribution < -0.4 is 5.32 Å². The first-order valence-corrected chi connectivity index (χ1v) is 9.04. The fourth-order valence-electron chi connectivity index (χ4n) is 3.23. The highest BCUT2D eigenvalue weighted by atomic mass is 16.3. The van der Waals surface area contributed by atoms with Gasteiger partial charge in [0.05, 0.1) is 5.69 Å². The number of hydrogen-bond acceptors (Lipinski definition) is 3. The number of carbonyl (C=O) groups is 1. The summed E-state index contributed by atoms with van der Waals surface area (Å²) >= 11 is 0. The molecule has 0 spiro atoms. The minimum Gasteiger partial charge on any atom is -0.450 e. The van der Waals surface area contributed by atoms with Crippen LogP contribution in [0.4, 0.5) is 5.69 Å². The summed E-state index contributed by atoms with van der Waals surface area (Å²) in [5.41, 5.74) is 5.57. The van der Waals surface area contributed by atoms with Gasteiger partial charge in [-0.3, -0.25) is 4.79 Å². The molecule has 0 aliphatic carbocycles. The SMILES string of the molecule is Cc1ccc(C(=O)c2oc3ccccc3c2NCc2cccc(C)c2)cc1. The number of para-hydroxylation sites is 1. The lowest BCUT2D eigenvalue weighted by Crippen LogP contribution is -2.06. The van der Waals surface area contributed by atoms with Gasteiger partial charge in [-0.25, -0.2) is 0 Å². The highest BCUT2D eigenvalue weighted by Gasteiger charge is 2.21. The van der Waals surface area contributed by atoms with Gasteiger partial charge in [-0.1, -0.05) is 71.8 Å². The number of anilines is 1. The molecule has 3 nitrogen and oxygen atoms in total. The van der Waals surface area contributed by atoms with Gasteiger partial charge < -0.3 is 9.73 Å². The summed E-state index contributed by atoms with van der Waals surface area (Å²) < 4.78 is 5.95. The molecular formula is C24H21NO2. The van der Waals surface area contributed by atoms with E-state index in [0.29, 0.717) is 23.5 Å². The molecule has 4 aromatic rings. The van der Waals surface area contributed by atoms with Crippen LogP contribution in [0.15, 0.2) is 77.2 Å². The van der Waals surface area contributed by atoms with Crippen molar-refractivity contribution in [2.45, 2.75) is 20.4 Å². The van der Waals surface area contributed by atoms with Crippen LogP contribution in [0.3, 0.4) is 0 Å². The number of carbonyl (C=O) groups excluding carboxylic acids is 1. The van der Waals surface area contributed by atoms with E-state index in [-0.39, 0.29) is 5.78 Å². The van der Waals surface area contributed by atoms with Crippen LogP contribution in [0.5, 0.6) is 0 Å². The molecule has 27 heavy (non-hydrogen) atoms. The molecular weight excluding hydrogens is 334 g/mol. The first kappa shape index (κ1) is 17.1. The molecule has 1 heterocycles. The lowest BCUT2D eigenvalue weighted by Gasteiger charge is -2.08. The molecule has 0 fully saturated rings. The molecule has 0 radical (unpaired) electrons. The molecule has 0 amide bonds. The Morgan fingerprint density at radius 1 is 0.889 bits per heavy atom. The number of ketones is 1. The van der Waals surface area contributed by atoms with E-state index in [9.17, 15) is 4.79 Å². The van der Waals surface area contributed by atoms with Crippen molar-refractivity contribution in [3.05, 3.63) is 101 Å². The Kier molecular flexibility index (Phi) is 4.51. The predicted molar refractivity (Wildman–Crippen MR) is 109 cm³/mol. The maximum Gasteiger partial charge on any atom is 0.230 e. The second-order valence-corrected chi connectivity index (χ2v) is 6.84. The maximum absolute atomic E-state index is 13.1. The molecule has 3 heteroatoms. The average molecular weight is 355 g/mol. The molecule has 0 saturated heterocycles. The van der Waals surface area contributed by atoms with Crippen molar-refractivity contribution in [3.8, 4) is 0 Å². The third-order valence-corrected chi connectivity index (χ3v) is 4.67. The third kappa shape index (κ3) is 3.49. The quantitative estimate of drug-likeness (QED) is 0.454. The van der Waals surface area contributed by atoms with Crippen LogP contribution in [0, 0.1) is 13.8 Å². The van der Waals surface area contributed by atoms with Crippen LogP contribution in [0.1, 0.15) is 32.8 Å². The molecule has 134 valence electrons. The van der Waals surface area contributed by atoms with Gasteiger partial charge in [0.25, 0.3) is 0 Å². The lowest BCUT2D eigenvalue weighted by molar-refractivity contribution is 0.101. The molecule has 0 unspecified atom stereocenters. The van der Waals surface area contributed by atoms with Crippen LogP contribution in [0.2, 0.25) is 0 Å².